The van der Waals surface area contributed by atoms with Crippen LogP contribution in [0.2, 0.25) is 0 Å². The normalized spacial score (nSPS) is 13.7. The van der Waals surface area contributed by atoms with E-state index in [9.17, 15) is 14.4 Å². The van der Waals surface area contributed by atoms with E-state index in [-0.39, 0.29) is 18.0 Å². The van der Waals surface area contributed by atoms with E-state index in [1.807, 2.05) is 0 Å². The van der Waals surface area contributed by atoms with Gasteiger partial charge in [0, 0.05) is 19.2 Å². The molecule has 1 aromatic carbocycles. The number of morpholine rings is 1. The van der Waals surface area contributed by atoms with Crippen LogP contribution in [0, 0.1) is 6.92 Å². The monoisotopic (exact) mass is 472 g/mol. The number of benzene rings is 1. The first-order valence-corrected chi connectivity index (χ1v) is 11.1. The fourth-order valence-corrected chi connectivity index (χ4v) is 4.67. The minimum Gasteiger partial charge on any atom is -0.497 e. The van der Waals surface area contributed by atoms with E-state index < -0.39 is 5.91 Å². The predicted octanol–water partition coefficient (Wildman–Crippen LogP) is 1.89. The van der Waals surface area contributed by atoms with Crippen molar-refractivity contribution in [2.45, 2.75) is 13.5 Å². The third-order valence-electron chi connectivity index (χ3n) is 5.45. The maximum absolute atomic E-state index is 13.1. The number of nitrogens with zero attached hydrogens (tertiary/aromatic N) is 3. The van der Waals surface area contributed by atoms with Crippen molar-refractivity contribution in [3.63, 3.8) is 0 Å². The third kappa shape index (κ3) is 4.55. The summed E-state index contributed by atoms with van der Waals surface area (Å²) in [6.45, 7) is 3.56. The van der Waals surface area contributed by atoms with E-state index in [1.54, 1.807) is 30.0 Å². The van der Waals surface area contributed by atoms with Crippen LogP contribution in [-0.4, -0.2) is 66.8 Å². The molecule has 2 aromatic heterocycles. The molecule has 1 saturated heterocycles. The second-order valence-electron chi connectivity index (χ2n) is 7.43. The van der Waals surface area contributed by atoms with Crippen LogP contribution in [0.15, 0.2) is 29.3 Å². The van der Waals surface area contributed by atoms with Crippen LogP contribution in [-0.2, 0) is 16.1 Å². The minimum absolute atomic E-state index is 0.112. The molecule has 0 bridgehead atoms. The Morgan fingerprint density at radius 2 is 1.97 bits per heavy atom. The molecule has 174 valence electrons. The molecule has 0 saturated carbocycles. The first-order chi connectivity index (χ1) is 15.9. The standard InChI is InChI=1S/C22H24N4O6S/c1-13-18-21(23-12-26(22(18)29)11-17(27)25-6-8-32-9-7-25)33-19(13)20(28)24-15-10-14(30-2)4-5-16(15)31-3/h4-5,10,12H,6-9,11H2,1-3H3,(H,24,28). The van der Waals surface area contributed by atoms with Crippen LogP contribution < -0.4 is 20.3 Å². The molecule has 10 nitrogen and oxygen atoms in total. The lowest BCUT2D eigenvalue weighted by molar-refractivity contribution is -0.135. The highest BCUT2D eigenvalue weighted by Gasteiger charge is 2.22. The van der Waals surface area contributed by atoms with Crippen molar-refractivity contribution in [1.82, 2.24) is 14.5 Å². The molecule has 2 amide bonds. The average molecular weight is 473 g/mol. The molecular formula is C22H24N4O6S. The summed E-state index contributed by atoms with van der Waals surface area (Å²) < 4.78 is 17.1. The molecule has 4 rings (SSSR count). The highest BCUT2D eigenvalue weighted by molar-refractivity contribution is 7.20. The summed E-state index contributed by atoms with van der Waals surface area (Å²) in [4.78, 5) is 45.5. The van der Waals surface area contributed by atoms with Crippen molar-refractivity contribution in [1.29, 1.82) is 0 Å². The van der Waals surface area contributed by atoms with Crippen LogP contribution in [0.3, 0.4) is 0 Å². The Hall–Kier alpha value is -3.44. The van der Waals surface area contributed by atoms with Gasteiger partial charge in [0.05, 0.1) is 49.7 Å². The van der Waals surface area contributed by atoms with Gasteiger partial charge >= 0.3 is 0 Å². The molecule has 3 aromatic rings. The van der Waals surface area contributed by atoms with Crippen molar-refractivity contribution in [3.8, 4) is 11.5 Å². The first-order valence-electron chi connectivity index (χ1n) is 10.3. The summed E-state index contributed by atoms with van der Waals surface area (Å²) in [5.41, 5.74) is 0.605. The Labute approximate surface area is 193 Å². The van der Waals surface area contributed by atoms with E-state index in [0.717, 1.165) is 11.3 Å². The van der Waals surface area contributed by atoms with Crippen molar-refractivity contribution in [3.05, 3.63) is 45.3 Å². The number of ether oxygens (including phenoxy) is 3. The van der Waals surface area contributed by atoms with E-state index in [0.29, 0.717) is 64.1 Å². The molecule has 1 aliphatic rings. The summed E-state index contributed by atoms with van der Waals surface area (Å²) in [6, 6.07) is 5.07. The fraction of sp³-hybridized carbons (Fsp3) is 0.364. The SMILES string of the molecule is COc1ccc(OC)c(NC(=O)c2sc3ncn(CC(=O)N4CCOCC4)c(=O)c3c2C)c1. The van der Waals surface area contributed by atoms with E-state index in [4.69, 9.17) is 14.2 Å². The number of methoxy groups -OCH3 is 2. The summed E-state index contributed by atoms with van der Waals surface area (Å²) in [5, 5.41) is 3.15. The topological polar surface area (TPSA) is 112 Å². The van der Waals surface area contributed by atoms with Gasteiger partial charge in [0.15, 0.2) is 0 Å². The first kappa shape index (κ1) is 22.7. The van der Waals surface area contributed by atoms with Gasteiger partial charge < -0.3 is 24.4 Å². The lowest BCUT2D eigenvalue weighted by Gasteiger charge is -2.26. The number of nitrogens with one attached hydrogen (secondary N) is 1. The fourth-order valence-electron chi connectivity index (χ4n) is 3.64. The van der Waals surface area contributed by atoms with E-state index >= 15 is 0 Å². The second kappa shape index (κ2) is 9.59. The summed E-state index contributed by atoms with van der Waals surface area (Å²) in [7, 11) is 3.04. The maximum Gasteiger partial charge on any atom is 0.266 e. The Kier molecular flexibility index (Phi) is 6.61. The number of rotatable bonds is 6. The van der Waals surface area contributed by atoms with Gasteiger partial charge in [0.25, 0.3) is 11.5 Å². The largest absolute Gasteiger partial charge is 0.497 e. The number of aromatic nitrogens is 2. The molecule has 1 aliphatic heterocycles. The lowest BCUT2D eigenvalue weighted by Crippen LogP contribution is -2.43. The van der Waals surface area contributed by atoms with Crippen LogP contribution in [0.1, 0.15) is 15.2 Å². The second-order valence-corrected chi connectivity index (χ2v) is 8.43. The molecular weight excluding hydrogens is 448 g/mol. The molecule has 0 radical (unpaired) electrons. The summed E-state index contributed by atoms with van der Waals surface area (Å²) in [6.07, 6.45) is 1.35. The Morgan fingerprint density at radius 3 is 2.67 bits per heavy atom. The molecule has 0 spiro atoms. The maximum atomic E-state index is 13.1. The van der Waals surface area contributed by atoms with Crippen LogP contribution in [0.4, 0.5) is 5.69 Å². The van der Waals surface area contributed by atoms with E-state index in [1.165, 1.54) is 25.1 Å². The quantitative estimate of drug-likeness (QED) is 0.583. The molecule has 3 heterocycles. The van der Waals surface area contributed by atoms with Crippen molar-refractivity contribution >= 4 is 39.1 Å². The van der Waals surface area contributed by atoms with Gasteiger partial charge in [0.1, 0.15) is 22.9 Å². The number of carbonyl (C=O) groups is 2. The number of amides is 2. The molecule has 33 heavy (non-hydrogen) atoms. The van der Waals surface area contributed by atoms with Crippen LogP contribution in [0.5, 0.6) is 11.5 Å². The van der Waals surface area contributed by atoms with Gasteiger partial charge in [-0.1, -0.05) is 0 Å². The number of hydrogen-bond donors (Lipinski definition) is 1. The molecule has 1 fully saturated rings. The van der Waals surface area contributed by atoms with Gasteiger partial charge in [-0.25, -0.2) is 4.98 Å². The van der Waals surface area contributed by atoms with Gasteiger partial charge in [-0.15, -0.1) is 11.3 Å². The minimum atomic E-state index is -0.391. The number of carbonyl (C=O) groups excluding carboxylic acids is 2. The molecule has 1 N–H and O–H groups in total. The van der Waals surface area contributed by atoms with Crippen molar-refractivity contribution < 1.29 is 23.8 Å². The molecule has 0 atom stereocenters. The molecule has 0 aliphatic carbocycles. The average Bonchev–Trinajstić information content (AvgIpc) is 3.18. The zero-order valence-corrected chi connectivity index (χ0v) is 19.4. The number of thiophene rings is 1. The van der Waals surface area contributed by atoms with Gasteiger partial charge in [-0.05, 0) is 24.6 Å². The number of anilines is 1. The summed E-state index contributed by atoms with van der Waals surface area (Å²) >= 11 is 1.12. The van der Waals surface area contributed by atoms with Crippen molar-refractivity contribution in [2.24, 2.45) is 0 Å². The van der Waals surface area contributed by atoms with Gasteiger partial charge in [0.2, 0.25) is 5.91 Å². The zero-order valence-electron chi connectivity index (χ0n) is 18.5. The highest BCUT2D eigenvalue weighted by atomic mass is 32.1. The Balaban J connectivity index is 1.62. The Morgan fingerprint density at radius 1 is 1.21 bits per heavy atom. The van der Waals surface area contributed by atoms with Gasteiger partial charge in [-0.3, -0.25) is 19.0 Å². The number of hydrogen-bond acceptors (Lipinski definition) is 8. The van der Waals surface area contributed by atoms with Gasteiger partial charge in [-0.2, -0.15) is 0 Å². The Bertz CT molecular complexity index is 1260. The number of fused-ring (bicyclic) bond motifs is 1. The highest BCUT2D eigenvalue weighted by Crippen LogP contribution is 2.32. The summed E-state index contributed by atoms with van der Waals surface area (Å²) in [5.74, 6) is 0.480. The molecule has 11 heteroatoms. The van der Waals surface area contributed by atoms with Crippen LogP contribution in [0.25, 0.3) is 10.2 Å². The van der Waals surface area contributed by atoms with E-state index in [2.05, 4.69) is 10.3 Å². The predicted molar refractivity (Wildman–Crippen MR) is 124 cm³/mol. The smallest absolute Gasteiger partial charge is 0.266 e. The lowest BCUT2D eigenvalue weighted by atomic mass is 10.2. The van der Waals surface area contributed by atoms with Crippen LogP contribution >= 0.6 is 11.3 Å². The third-order valence-corrected chi connectivity index (χ3v) is 6.65. The zero-order chi connectivity index (χ0) is 23.5. The van der Waals surface area contributed by atoms with Crippen molar-refractivity contribution in [2.75, 3.05) is 45.8 Å². The molecule has 0 unspecified atom stereocenters. The number of aryl methyl sites for hydroxylation is 1.